The monoisotopic (exact) mass is 322 g/mol. The number of hydrogen-bond donors (Lipinski definition) is 1. The molecule has 1 saturated heterocycles. The van der Waals surface area contributed by atoms with E-state index < -0.39 is 16.1 Å². The van der Waals surface area contributed by atoms with Crippen molar-refractivity contribution in [3.63, 3.8) is 0 Å². The van der Waals surface area contributed by atoms with Crippen LogP contribution >= 0.6 is 0 Å². The lowest BCUT2D eigenvalue weighted by Crippen LogP contribution is -2.52. The predicted octanol–water partition coefficient (Wildman–Crippen LogP) is -0.174. The van der Waals surface area contributed by atoms with Crippen LogP contribution in [0.4, 0.5) is 0 Å². The van der Waals surface area contributed by atoms with E-state index >= 15 is 0 Å². The van der Waals surface area contributed by atoms with Crippen molar-refractivity contribution in [2.75, 3.05) is 45.8 Å². The number of rotatable bonds is 8. The van der Waals surface area contributed by atoms with Gasteiger partial charge in [0, 0.05) is 20.2 Å². The Hall–Kier alpha value is -0.700. The summed E-state index contributed by atoms with van der Waals surface area (Å²) in [7, 11) is -2.08. The van der Waals surface area contributed by atoms with Gasteiger partial charge in [0.1, 0.15) is 6.04 Å². The SMILES string of the molecule is COCCS(=O)(=O)N[C@H](CC(C)C)C(=O)N1CCOCC1. The second-order valence-electron chi connectivity index (χ2n) is 5.55. The van der Waals surface area contributed by atoms with Crippen LogP contribution in [-0.2, 0) is 24.3 Å². The first-order valence-corrected chi connectivity index (χ1v) is 8.86. The van der Waals surface area contributed by atoms with Crippen molar-refractivity contribution in [1.29, 1.82) is 0 Å². The first-order valence-electron chi connectivity index (χ1n) is 7.21. The maximum absolute atomic E-state index is 12.5. The van der Waals surface area contributed by atoms with E-state index in [1.54, 1.807) is 4.90 Å². The molecule has 0 spiro atoms. The number of ether oxygens (including phenoxy) is 2. The third-order valence-electron chi connectivity index (χ3n) is 3.21. The highest BCUT2D eigenvalue weighted by Crippen LogP contribution is 2.11. The molecular formula is C13H26N2O5S. The molecule has 0 radical (unpaired) electrons. The fraction of sp³-hybridized carbons (Fsp3) is 0.923. The zero-order valence-corrected chi connectivity index (χ0v) is 13.8. The molecule has 0 saturated carbocycles. The van der Waals surface area contributed by atoms with Crippen molar-refractivity contribution < 1.29 is 22.7 Å². The van der Waals surface area contributed by atoms with Gasteiger partial charge in [-0.2, -0.15) is 0 Å². The Kier molecular flexibility index (Phi) is 7.58. The van der Waals surface area contributed by atoms with Crippen LogP contribution in [0.1, 0.15) is 20.3 Å². The van der Waals surface area contributed by atoms with Crippen molar-refractivity contribution in [1.82, 2.24) is 9.62 Å². The summed E-state index contributed by atoms with van der Waals surface area (Å²) in [6, 6.07) is -0.718. The molecule has 1 fully saturated rings. The standard InChI is InChI=1S/C13H26N2O5S/c1-11(2)10-12(14-21(17,18)9-8-19-3)13(16)15-4-6-20-7-5-15/h11-12,14H,4-10H2,1-3H3/t12-/m1/s1. The molecule has 0 unspecified atom stereocenters. The molecule has 1 aliphatic heterocycles. The van der Waals surface area contributed by atoms with E-state index in [2.05, 4.69) is 4.72 Å². The van der Waals surface area contributed by atoms with Crippen molar-refractivity contribution in [3.05, 3.63) is 0 Å². The number of carbonyl (C=O) groups is 1. The Labute approximate surface area is 127 Å². The molecule has 1 atom stereocenters. The molecule has 7 nitrogen and oxygen atoms in total. The topological polar surface area (TPSA) is 84.9 Å². The van der Waals surface area contributed by atoms with Gasteiger partial charge in [0.05, 0.1) is 25.6 Å². The van der Waals surface area contributed by atoms with Gasteiger partial charge in [0.2, 0.25) is 15.9 Å². The number of nitrogens with zero attached hydrogens (tertiary/aromatic N) is 1. The van der Waals surface area contributed by atoms with Gasteiger partial charge < -0.3 is 14.4 Å². The molecule has 0 aromatic carbocycles. The molecule has 0 aromatic heterocycles. The normalized spacial score (nSPS) is 18.0. The molecule has 21 heavy (non-hydrogen) atoms. The Morgan fingerprint density at radius 2 is 1.95 bits per heavy atom. The smallest absolute Gasteiger partial charge is 0.240 e. The van der Waals surface area contributed by atoms with Crippen LogP contribution in [-0.4, -0.2) is 71.0 Å². The van der Waals surface area contributed by atoms with E-state index in [0.717, 1.165) is 0 Å². The minimum atomic E-state index is -3.53. The second kappa shape index (κ2) is 8.67. The quantitative estimate of drug-likeness (QED) is 0.670. The Bertz CT molecular complexity index is 418. The highest BCUT2D eigenvalue weighted by atomic mass is 32.2. The minimum Gasteiger partial charge on any atom is -0.384 e. The van der Waals surface area contributed by atoms with E-state index in [9.17, 15) is 13.2 Å². The van der Waals surface area contributed by atoms with Crippen LogP contribution in [0.25, 0.3) is 0 Å². The lowest BCUT2D eigenvalue weighted by Gasteiger charge is -2.31. The molecule has 1 aliphatic rings. The number of amides is 1. The molecule has 8 heteroatoms. The number of carbonyl (C=O) groups excluding carboxylic acids is 1. The highest BCUT2D eigenvalue weighted by molar-refractivity contribution is 7.89. The van der Waals surface area contributed by atoms with E-state index in [1.807, 2.05) is 13.8 Å². The van der Waals surface area contributed by atoms with E-state index in [1.165, 1.54) is 7.11 Å². The maximum Gasteiger partial charge on any atom is 0.240 e. The van der Waals surface area contributed by atoms with Gasteiger partial charge in [-0.25, -0.2) is 13.1 Å². The summed E-state index contributed by atoms with van der Waals surface area (Å²) in [5.74, 6) is -0.104. The van der Waals surface area contributed by atoms with Gasteiger partial charge in [-0.05, 0) is 12.3 Å². The van der Waals surface area contributed by atoms with Gasteiger partial charge in [0.25, 0.3) is 0 Å². The van der Waals surface area contributed by atoms with Crippen LogP contribution in [0.2, 0.25) is 0 Å². The molecule has 1 amide bonds. The van der Waals surface area contributed by atoms with Gasteiger partial charge >= 0.3 is 0 Å². The lowest BCUT2D eigenvalue weighted by molar-refractivity contribution is -0.137. The molecule has 1 rings (SSSR count). The van der Waals surface area contributed by atoms with Gasteiger partial charge in [-0.15, -0.1) is 0 Å². The molecule has 0 aliphatic carbocycles. The average molecular weight is 322 g/mol. The summed E-state index contributed by atoms with van der Waals surface area (Å²) in [5.41, 5.74) is 0. The third kappa shape index (κ3) is 6.73. The lowest BCUT2D eigenvalue weighted by atomic mass is 10.0. The van der Waals surface area contributed by atoms with Crippen LogP contribution in [0.3, 0.4) is 0 Å². The summed E-state index contributed by atoms with van der Waals surface area (Å²) in [5, 5.41) is 0. The van der Waals surface area contributed by atoms with Crippen molar-refractivity contribution in [3.8, 4) is 0 Å². The largest absolute Gasteiger partial charge is 0.384 e. The van der Waals surface area contributed by atoms with E-state index in [-0.39, 0.29) is 24.2 Å². The van der Waals surface area contributed by atoms with Gasteiger partial charge in [0.15, 0.2) is 0 Å². The number of sulfonamides is 1. The van der Waals surface area contributed by atoms with Crippen molar-refractivity contribution >= 4 is 15.9 Å². The molecule has 1 heterocycles. The van der Waals surface area contributed by atoms with Crippen LogP contribution in [0, 0.1) is 5.92 Å². The number of morpholine rings is 1. The first kappa shape index (κ1) is 18.3. The van der Waals surface area contributed by atoms with Crippen LogP contribution in [0.5, 0.6) is 0 Å². The predicted molar refractivity (Wildman–Crippen MR) is 79.4 cm³/mol. The molecule has 0 bridgehead atoms. The van der Waals surface area contributed by atoms with Gasteiger partial charge in [-0.3, -0.25) is 4.79 Å². The Morgan fingerprint density at radius 3 is 2.48 bits per heavy atom. The summed E-state index contributed by atoms with van der Waals surface area (Å²) < 4.78 is 36.5. The minimum absolute atomic E-state index is 0.107. The molecule has 124 valence electrons. The number of hydrogen-bond acceptors (Lipinski definition) is 5. The summed E-state index contributed by atoms with van der Waals surface area (Å²) in [4.78, 5) is 14.2. The van der Waals surface area contributed by atoms with Crippen molar-refractivity contribution in [2.45, 2.75) is 26.3 Å². The number of nitrogens with one attached hydrogen (secondary N) is 1. The van der Waals surface area contributed by atoms with E-state index in [4.69, 9.17) is 9.47 Å². The Balaban J connectivity index is 2.72. The third-order valence-corrected chi connectivity index (χ3v) is 4.55. The second-order valence-corrected chi connectivity index (χ2v) is 7.42. The maximum atomic E-state index is 12.5. The zero-order chi connectivity index (χ0) is 15.9. The highest BCUT2D eigenvalue weighted by Gasteiger charge is 2.29. The Morgan fingerprint density at radius 1 is 1.33 bits per heavy atom. The summed E-state index contributed by atoms with van der Waals surface area (Å²) >= 11 is 0. The van der Waals surface area contributed by atoms with Crippen LogP contribution in [0.15, 0.2) is 0 Å². The number of methoxy groups -OCH3 is 1. The van der Waals surface area contributed by atoms with E-state index in [0.29, 0.717) is 32.7 Å². The fourth-order valence-electron chi connectivity index (χ4n) is 2.14. The first-order chi connectivity index (χ1) is 9.85. The summed E-state index contributed by atoms with van der Waals surface area (Å²) in [6.45, 7) is 6.04. The fourth-order valence-corrected chi connectivity index (χ4v) is 3.28. The van der Waals surface area contributed by atoms with Crippen molar-refractivity contribution in [2.24, 2.45) is 5.92 Å². The summed E-state index contributed by atoms with van der Waals surface area (Å²) in [6.07, 6.45) is 0.475. The average Bonchev–Trinajstić information content (AvgIpc) is 2.44. The zero-order valence-electron chi connectivity index (χ0n) is 13.0. The van der Waals surface area contributed by atoms with Gasteiger partial charge in [-0.1, -0.05) is 13.8 Å². The van der Waals surface area contributed by atoms with Crippen LogP contribution < -0.4 is 4.72 Å². The molecular weight excluding hydrogens is 296 g/mol. The molecule has 0 aromatic rings. The molecule has 1 N–H and O–H groups in total.